The number of hydrogen-bond donors (Lipinski definition) is 6. The average molecular weight is 1020 g/mol. The van der Waals surface area contributed by atoms with Gasteiger partial charge in [0.15, 0.2) is 6.29 Å². The Morgan fingerprint density at radius 3 is 1.26 bits per heavy atom. The van der Waals surface area contributed by atoms with Gasteiger partial charge in [0.2, 0.25) is 5.91 Å². The predicted octanol–water partition coefficient (Wildman–Crippen LogP) is 15.4. The number of rotatable bonds is 51. The number of hydrogen-bond acceptors (Lipinski definition) is 8. The van der Waals surface area contributed by atoms with Crippen LogP contribution in [0.25, 0.3) is 0 Å². The van der Waals surface area contributed by atoms with Crippen LogP contribution in [0.5, 0.6) is 0 Å². The van der Waals surface area contributed by atoms with Crippen LogP contribution in [0, 0.1) is 0 Å². The molecule has 0 spiro atoms. The summed E-state index contributed by atoms with van der Waals surface area (Å²) in [5.74, 6) is -0.186. The standard InChI is InChI=1S/C64H113NO8/c1-3-5-7-9-11-13-15-17-19-21-23-25-27-28-29-30-32-34-36-38-40-42-44-46-48-50-52-54-60(68)65-57(56-72-64-63(71)62(70)61(69)59(55-66)73-64)58(67)53-51-49-47-45-43-41-39-37-35-33-31-26-24-22-20-18-16-14-12-10-8-6-4-2/h5,7,11,13,17,19,23,25,28-29,32,34,51,53,57-59,61-64,66-67,69-71H,3-4,6,8-10,12,14-16,18,20-22,24,26-27,30-31,33,35-50,52,54-56H2,1-2H3,(H,65,68)/b7-5-,13-11-,19-17-,25-23-,29-28-,34-32-,53-51+. The second-order valence-corrected chi connectivity index (χ2v) is 20.8. The van der Waals surface area contributed by atoms with Crippen LogP contribution in [0.3, 0.4) is 0 Å². The van der Waals surface area contributed by atoms with Gasteiger partial charge in [-0.15, -0.1) is 0 Å². The van der Waals surface area contributed by atoms with Gasteiger partial charge in [0.05, 0.1) is 25.4 Å². The number of ether oxygens (including phenoxy) is 2. The SMILES string of the molecule is CC/C=C\C/C=C\C/C=C\C/C=C\C/C=C\C/C=C\CCCCCCCCCCC(=O)NC(COC1OC(CO)C(O)C(O)C1O)C(O)/C=C/CCCCCCCCCCCCCCCCCCCCCCC. The second-order valence-electron chi connectivity index (χ2n) is 20.8. The molecule has 1 aliphatic heterocycles. The first-order chi connectivity index (χ1) is 35.8. The summed E-state index contributed by atoms with van der Waals surface area (Å²) in [5, 5.41) is 54.6. The van der Waals surface area contributed by atoms with Gasteiger partial charge in [-0.2, -0.15) is 0 Å². The van der Waals surface area contributed by atoms with Gasteiger partial charge in [0.25, 0.3) is 0 Å². The van der Waals surface area contributed by atoms with Crippen LogP contribution in [0.2, 0.25) is 0 Å². The number of aliphatic hydroxyl groups excluding tert-OH is 5. The van der Waals surface area contributed by atoms with Crippen LogP contribution in [0.15, 0.2) is 85.1 Å². The van der Waals surface area contributed by atoms with Crippen LogP contribution in [0.4, 0.5) is 0 Å². The normalized spacial score (nSPS) is 19.7. The van der Waals surface area contributed by atoms with E-state index >= 15 is 0 Å². The maximum absolute atomic E-state index is 13.1. The molecule has 0 saturated carbocycles. The van der Waals surface area contributed by atoms with Crippen LogP contribution in [-0.4, -0.2) is 87.5 Å². The minimum Gasteiger partial charge on any atom is -0.394 e. The maximum Gasteiger partial charge on any atom is 0.220 e. The fraction of sp³-hybridized carbons (Fsp3) is 0.766. The van der Waals surface area contributed by atoms with Crippen LogP contribution < -0.4 is 5.32 Å². The van der Waals surface area contributed by atoms with Crippen molar-refractivity contribution >= 4 is 5.91 Å². The first-order valence-corrected chi connectivity index (χ1v) is 30.3. The molecule has 6 N–H and O–H groups in total. The van der Waals surface area contributed by atoms with Gasteiger partial charge in [-0.05, 0) is 70.6 Å². The number of allylic oxidation sites excluding steroid dienone is 13. The van der Waals surface area contributed by atoms with Gasteiger partial charge in [-0.1, -0.05) is 266 Å². The third kappa shape index (κ3) is 42.2. The van der Waals surface area contributed by atoms with E-state index in [0.717, 1.165) is 89.9 Å². The molecular formula is C64H113NO8. The zero-order chi connectivity index (χ0) is 52.9. The number of unbranched alkanes of at least 4 members (excludes halogenated alkanes) is 29. The largest absolute Gasteiger partial charge is 0.394 e. The summed E-state index contributed by atoms with van der Waals surface area (Å²) in [4.78, 5) is 13.1. The van der Waals surface area contributed by atoms with E-state index in [2.05, 4.69) is 92.1 Å². The lowest BCUT2D eigenvalue weighted by molar-refractivity contribution is -0.302. The van der Waals surface area contributed by atoms with E-state index < -0.39 is 49.5 Å². The molecule has 1 amide bonds. The van der Waals surface area contributed by atoms with Crippen molar-refractivity contribution in [2.75, 3.05) is 13.2 Å². The Bertz CT molecular complexity index is 1420. The second kappa shape index (κ2) is 52.8. The van der Waals surface area contributed by atoms with Crippen LogP contribution >= 0.6 is 0 Å². The highest BCUT2D eigenvalue weighted by Crippen LogP contribution is 2.23. The van der Waals surface area contributed by atoms with Gasteiger partial charge in [-0.3, -0.25) is 4.79 Å². The molecule has 7 unspecified atom stereocenters. The third-order valence-corrected chi connectivity index (χ3v) is 14.0. The molecule has 1 fully saturated rings. The van der Waals surface area contributed by atoms with Gasteiger partial charge in [-0.25, -0.2) is 0 Å². The van der Waals surface area contributed by atoms with E-state index in [-0.39, 0.29) is 12.5 Å². The minimum atomic E-state index is -1.57. The Morgan fingerprint density at radius 2 is 0.849 bits per heavy atom. The minimum absolute atomic E-state index is 0.186. The van der Waals surface area contributed by atoms with E-state index in [1.807, 2.05) is 6.08 Å². The molecule has 9 heteroatoms. The Hall–Kier alpha value is -2.63. The number of nitrogens with one attached hydrogen (secondary N) is 1. The molecule has 1 rings (SSSR count). The summed E-state index contributed by atoms with van der Waals surface area (Å²) in [6.07, 6.45) is 67.9. The van der Waals surface area contributed by atoms with Crippen LogP contribution in [0.1, 0.15) is 258 Å². The molecule has 1 heterocycles. The van der Waals surface area contributed by atoms with Gasteiger partial charge < -0.3 is 40.3 Å². The first-order valence-electron chi connectivity index (χ1n) is 30.3. The lowest BCUT2D eigenvalue weighted by Gasteiger charge is -2.40. The van der Waals surface area contributed by atoms with Gasteiger partial charge in [0, 0.05) is 6.42 Å². The van der Waals surface area contributed by atoms with E-state index in [4.69, 9.17) is 9.47 Å². The highest BCUT2D eigenvalue weighted by molar-refractivity contribution is 5.76. The van der Waals surface area contributed by atoms with E-state index in [1.165, 1.54) is 148 Å². The van der Waals surface area contributed by atoms with E-state index in [1.54, 1.807) is 6.08 Å². The van der Waals surface area contributed by atoms with Crippen molar-refractivity contribution in [2.45, 2.75) is 301 Å². The number of amides is 1. The molecular weight excluding hydrogens is 911 g/mol. The smallest absolute Gasteiger partial charge is 0.220 e. The third-order valence-electron chi connectivity index (χ3n) is 14.0. The Morgan fingerprint density at radius 1 is 0.479 bits per heavy atom. The molecule has 1 saturated heterocycles. The zero-order valence-electron chi connectivity index (χ0n) is 46.9. The highest BCUT2D eigenvalue weighted by atomic mass is 16.7. The first kappa shape index (κ1) is 68.4. The molecule has 0 radical (unpaired) electrons. The summed E-state index contributed by atoms with van der Waals surface area (Å²) in [6.45, 7) is 3.68. The Balaban J connectivity index is 2.23. The number of carbonyl (C=O) groups excluding carboxylic acids is 1. The molecule has 7 atom stereocenters. The number of aliphatic hydroxyl groups is 5. The molecule has 0 aromatic rings. The molecule has 422 valence electrons. The molecule has 73 heavy (non-hydrogen) atoms. The summed E-state index contributed by atoms with van der Waals surface area (Å²) >= 11 is 0. The number of carbonyl (C=O) groups is 1. The Kier molecular flexibility index (Phi) is 49.5. The molecule has 0 aromatic heterocycles. The quantitative estimate of drug-likeness (QED) is 0.0261. The monoisotopic (exact) mass is 1020 g/mol. The van der Waals surface area contributed by atoms with Crippen molar-refractivity contribution in [1.82, 2.24) is 5.32 Å². The average Bonchev–Trinajstić information content (AvgIpc) is 3.39. The lowest BCUT2D eigenvalue weighted by Crippen LogP contribution is -2.60. The fourth-order valence-corrected chi connectivity index (χ4v) is 9.22. The lowest BCUT2D eigenvalue weighted by atomic mass is 9.99. The maximum atomic E-state index is 13.1. The van der Waals surface area contributed by atoms with Gasteiger partial charge in [0.1, 0.15) is 24.4 Å². The van der Waals surface area contributed by atoms with E-state index in [0.29, 0.717) is 6.42 Å². The molecule has 1 aliphatic rings. The van der Waals surface area contributed by atoms with Crippen molar-refractivity contribution in [2.24, 2.45) is 0 Å². The van der Waals surface area contributed by atoms with Crippen LogP contribution in [-0.2, 0) is 14.3 Å². The molecule has 9 nitrogen and oxygen atoms in total. The van der Waals surface area contributed by atoms with Crippen molar-refractivity contribution in [3.05, 3.63) is 85.1 Å². The van der Waals surface area contributed by atoms with E-state index in [9.17, 15) is 30.3 Å². The molecule has 0 aliphatic carbocycles. The van der Waals surface area contributed by atoms with Crippen molar-refractivity contribution in [1.29, 1.82) is 0 Å². The van der Waals surface area contributed by atoms with Crippen molar-refractivity contribution in [3.8, 4) is 0 Å². The summed E-state index contributed by atoms with van der Waals surface area (Å²) in [7, 11) is 0. The highest BCUT2D eigenvalue weighted by Gasteiger charge is 2.44. The Labute approximate surface area is 448 Å². The molecule has 0 aromatic carbocycles. The van der Waals surface area contributed by atoms with Crippen molar-refractivity contribution in [3.63, 3.8) is 0 Å². The topological polar surface area (TPSA) is 149 Å². The van der Waals surface area contributed by atoms with Gasteiger partial charge >= 0.3 is 0 Å². The summed E-state index contributed by atoms with van der Waals surface area (Å²) in [6, 6.07) is -0.816. The summed E-state index contributed by atoms with van der Waals surface area (Å²) < 4.78 is 11.3. The molecule has 0 bridgehead atoms. The summed E-state index contributed by atoms with van der Waals surface area (Å²) in [5.41, 5.74) is 0. The zero-order valence-corrected chi connectivity index (χ0v) is 46.9. The predicted molar refractivity (Wildman–Crippen MR) is 308 cm³/mol. The van der Waals surface area contributed by atoms with Crippen molar-refractivity contribution < 1.29 is 39.8 Å². The fourth-order valence-electron chi connectivity index (χ4n) is 9.22.